The van der Waals surface area contributed by atoms with Crippen LogP contribution in [0, 0.1) is 6.92 Å². The smallest absolute Gasteiger partial charge is 0.157 e. The van der Waals surface area contributed by atoms with Gasteiger partial charge in [-0.1, -0.05) is 0 Å². The molecule has 0 bridgehead atoms. The van der Waals surface area contributed by atoms with Gasteiger partial charge in [0.2, 0.25) is 0 Å². The van der Waals surface area contributed by atoms with Crippen LogP contribution in [-0.4, -0.2) is 51.7 Å². The summed E-state index contributed by atoms with van der Waals surface area (Å²) in [6.07, 6.45) is 1.82. The minimum Gasteiger partial charge on any atom is -0.354 e. The van der Waals surface area contributed by atoms with Crippen LogP contribution in [0.25, 0.3) is 5.65 Å². The lowest BCUT2D eigenvalue weighted by Gasteiger charge is -2.38. The highest BCUT2D eigenvalue weighted by molar-refractivity contribution is 5.50. The minimum absolute atomic E-state index is 0.631. The number of hydrogen-bond donors (Lipinski definition) is 0. The number of nitrogens with zero attached hydrogens (tertiary/aromatic N) is 5. The molecule has 0 amide bonds. The Labute approximate surface area is 113 Å². The molecule has 0 aliphatic carbocycles. The average Bonchev–Trinajstić information content (AvgIpc) is 2.85. The molecular formula is C14H21N5. The molecule has 0 atom stereocenters. The standard InChI is InChI=1S/C14H21N5/c1-11(2)17-6-8-18(9-7-17)14-10-12(3)16-13-4-5-15-19(13)14/h4-5,10-11H,6-9H2,1-3H3. The van der Waals surface area contributed by atoms with Gasteiger partial charge in [-0.2, -0.15) is 9.61 Å². The number of aryl methyl sites for hydroxylation is 1. The Morgan fingerprint density at radius 1 is 1.16 bits per heavy atom. The summed E-state index contributed by atoms with van der Waals surface area (Å²) < 4.78 is 1.94. The molecule has 0 spiro atoms. The van der Waals surface area contributed by atoms with E-state index in [9.17, 15) is 0 Å². The van der Waals surface area contributed by atoms with Crippen LogP contribution < -0.4 is 4.90 Å². The van der Waals surface area contributed by atoms with Crippen LogP contribution >= 0.6 is 0 Å². The molecule has 1 aliphatic heterocycles. The second-order valence-electron chi connectivity index (χ2n) is 5.47. The van der Waals surface area contributed by atoms with Crippen molar-refractivity contribution < 1.29 is 0 Å². The summed E-state index contributed by atoms with van der Waals surface area (Å²) in [6.45, 7) is 10.9. The first-order valence-corrected chi connectivity index (χ1v) is 6.95. The van der Waals surface area contributed by atoms with Gasteiger partial charge in [0, 0.05) is 50.0 Å². The zero-order valence-corrected chi connectivity index (χ0v) is 11.9. The van der Waals surface area contributed by atoms with Crippen LogP contribution in [0.2, 0.25) is 0 Å². The highest BCUT2D eigenvalue weighted by Gasteiger charge is 2.21. The van der Waals surface area contributed by atoms with E-state index in [2.05, 4.69) is 39.8 Å². The molecule has 3 rings (SSSR count). The number of aromatic nitrogens is 3. The summed E-state index contributed by atoms with van der Waals surface area (Å²) in [4.78, 5) is 9.43. The molecule has 102 valence electrons. The molecule has 0 unspecified atom stereocenters. The largest absolute Gasteiger partial charge is 0.354 e. The van der Waals surface area contributed by atoms with Crippen molar-refractivity contribution in [1.82, 2.24) is 19.5 Å². The molecule has 0 N–H and O–H groups in total. The van der Waals surface area contributed by atoms with E-state index in [0.29, 0.717) is 6.04 Å². The maximum Gasteiger partial charge on any atom is 0.157 e. The summed E-state index contributed by atoms with van der Waals surface area (Å²) in [5.74, 6) is 1.16. The topological polar surface area (TPSA) is 36.7 Å². The van der Waals surface area contributed by atoms with E-state index in [1.54, 1.807) is 0 Å². The fourth-order valence-corrected chi connectivity index (χ4v) is 2.71. The third kappa shape index (κ3) is 2.30. The molecule has 2 aromatic heterocycles. The maximum absolute atomic E-state index is 4.50. The first kappa shape index (κ1) is 12.4. The second-order valence-corrected chi connectivity index (χ2v) is 5.47. The Morgan fingerprint density at radius 2 is 1.89 bits per heavy atom. The Balaban J connectivity index is 1.87. The summed E-state index contributed by atoms with van der Waals surface area (Å²) >= 11 is 0. The number of rotatable bonds is 2. The van der Waals surface area contributed by atoms with Gasteiger partial charge in [0.25, 0.3) is 0 Å². The monoisotopic (exact) mass is 259 g/mol. The van der Waals surface area contributed by atoms with E-state index in [1.807, 2.05) is 23.7 Å². The Hall–Kier alpha value is -1.62. The van der Waals surface area contributed by atoms with Gasteiger partial charge in [0.15, 0.2) is 5.65 Å². The molecule has 5 heteroatoms. The molecule has 5 nitrogen and oxygen atoms in total. The number of hydrogen-bond acceptors (Lipinski definition) is 4. The average molecular weight is 259 g/mol. The first-order chi connectivity index (χ1) is 9.15. The predicted molar refractivity (Wildman–Crippen MR) is 76.6 cm³/mol. The van der Waals surface area contributed by atoms with E-state index in [-0.39, 0.29) is 0 Å². The number of anilines is 1. The van der Waals surface area contributed by atoms with Gasteiger partial charge < -0.3 is 4.90 Å². The number of fused-ring (bicyclic) bond motifs is 1. The normalized spacial score (nSPS) is 17.6. The van der Waals surface area contributed by atoms with E-state index in [1.165, 1.54) is 0 Å². The molecule has 1 aliphatic rings. The lowest BCUT2D eigenvalue weighted by molar-refractivity contribution is 0.209. The quantitative estimate of drug-likeness (QED) is 0.820. The fraction of sp³-hybridized carbons (Fsp3) is 0.571. The van der Waals surface area contributed by atoms with Gasteiger partial charge in [-0.3, -0.25) is 4.90 Å². The SMILES string of the molecule is Cc1cc(N2CCN(C(C)C)CC2)n2nccc2n1. The molecular weight excluding hydrogens is 238 g/mol. The lowest BCUT2D eigenvalue weighted by atomic mass is 10.2. The van der Waals surface area contributed by atoms with Crippen molar-refractivity contribution in [3.8, 4) is 0 Å². The fourth-order valence-electron chi connectivity index (χ4n) is 2.71. The van der Waals surface area contributed by atoms with Crippen LogP contribution in [0.1, 0.15) is 19.5 Å². The summed E-state index contributed by atoms with van der Waals surface area (Å²) in [5, 5.41) is 4.39. The molecule has 0 radical (unpaired) electrons. The Morgan fingerprint density at radius 3 is 2.58 bits per heavy atom. The predicted octanol–water partition coefficient (Wildman–Crippen LogP) is 1.57. The first-order valence-electron chi connectivity index (χ1n) is 6.95. The van der Waals surface area contributed by atoms with Crippen molar-refractivity contribution in [3.63, 3.8) is 0 Å². The van der Waals surface area contributed by atoms with Gasteiger partial charge in [-0.25, -0.2) is 4.98 Å². The van der Waals surface area contributed by atoms with E-state index in [0.717, 1.165) is 43.3 Å². The maximum atomic E-state index is 4.50. The van der Waals surface area contributed by atoms with Gasteiger partial charge in [0.1, 0.15) is 5.82 Å². The molecule has 1 saturated heterocycles. The molecule has 0 saturated carbocycles. The van der Waals surface area contributed by atoms with Gasteiger partial charge in [-0.15, -0.1) is 0 Å². The zero-order chi connectivity index (χ0) is 13.4. The van der Waals surface area contributed by atoms with E-state index >= 15 is 0 Å². The molecule has 3 heterocycles. The van der Waals surface area contributed by atoms with Gasteiger partial charge in [0.05, 0.1) is 6.20 Å². The molecule has 0 aromatic carbocycles. The summed E-state index contributed by atoms with van der Waals surface area (Å²) in [6, 6.07) is 4.72. The molecule has 1 fully saturated rings. The van der Waals surface area contributed by atoms with Gasteiger partial charge >= 0.3 is 0 Å². The summed E-state index contributed by atoms with van der Waals surface area (Å²) in [7, 11) is 0. The molecule has 2 aromatic rings. The highest BCUT2D eigenvalue weighted by atomic mass is 15.4. The third-order valence-corrected chi connectivity index (χ3v) is 3.84. The van der Waals surface area contributed by atoms with E-state index in [4.69, 9.17) is 0 Å². The van der Waals surface area contributed by atoms with Crippen LogP contribution in [0.4, 0.5) is 5.82 Å². The zero-order valence-electron chi connectivity index (χ0n) is 11.9. The second kappa shape index (κ2) is 4.81. The number of piperazine rings is 1. The molecule has 19 heavy (non-hydrogen) atoms. The van der Waals surface area contributed by atoms with Crippen LogP contribution in [-0.2, 0) is 0 Å². The van der Waals surface area contributed by atoms with Crippen molar-refractivity contribution in [2.45, 2.75) is 26.8 Å². The van der Waals surface area contributed by atoms with E-state index < -0.39 is 0 Å². The van der Waals surface area contributed by atoms with Crippen molar-refractivity contribution in [1.29, 1.82) is 0 Å². The van der Waals surface area contributed by atoms with Crippen molar-refractivity contribution in [2.75, 3.05) is 31.1 Å². The Bertz CT molecular complexity index is 566. The summed E-state index contributed by atoms with van der Waals surface area (Å²) in [5.41, 5.74) is 1.98. The third-order valence-electron chi connectivity index (χ3n) is 3.84. The van der Waals surface area contributed by atoms with Crippen LogP contribution in [0.5, 0.6) is 0 Å². The van der Waals surface area contributed by atoms with Crippen molar-refractivity contribution in [3.05, 3.63) is 24.0 Å². The van der Waals surface area contributed by atoms with Gasteiger partial charge in [-0.05, 0) is 20.8 Å². The van der Waals surface area contributed by atoms with Crippen LogP contribution in [0.15, 0.2) is 18.3 Å². The van der Waals surface area contributed by atoms with Crippen molar-refractivity contribution in [2.24, 2.45) is 0 Å². The van der Waals surface area contributed by atoms with Crippen LogP contribution in [0.3, 0.4) is 0 Å². The minimum atomic E-state index is 0.631. The van der Waals surface area contributed by atoms with Crippen molar-refractivity contribution >= 4 is 11.5 Å². The highest BCUT2D eigenvalue weighted by Crippen LogP contribution is 2.19. The Kier molecular flexibility index (Phi) is 3.14. The lowest BCUT2D eigenvalue weighted by Crippen LogP contribution is -2.49.